The van der Waals surface area contributed by atoms with Crippen molar-refractivity contribution >= 4 is 23.0 Å². The Bertz CT molecular complexity index is 1430. The van der Waals surface area contributed by atoms with Gasteiger partial charge in [-0.3, -0.25) is 4.98 Å². The van der Waals surface area contributed by atoms with E-state index >= 15 is 0 Å². The normalized spacial score (nSPS) is 17.9. The molecule has 0 spiro atoms. The van der Waals surface area contributed by atoms with Crippen molar-refractivity contribution in [2.45, 2.75) is 32.1 Å². The Hall–Kier alpha value is -3.72. The fourth-order valence-electron chi connectivity index (χ4n) is 4.94. The van der Waals surface area contributed by atoms with Crippen LogP contribution in [0.2, 0.25) is 0 Å². The third-order valence-corrected chi connectivity index (χ3v) is 6.76. The molecule has 2 atom stereocenters. The summed E-state index contributed by atoms with van der Waals surface area (Å²) in [5.74, 6) is -0.454. The number of halogens is 4. The third-order valence-electron chi connectivity index (χ3n) is 6.45. The summed E-state index contributed by atoms with van der Waals surface area (Å²) in [5.41, 5.74) is 2.20. The maximum absolute atomic E-state index is 15.0. The van der Waals surface area contributed by atoms with Gasteiger partial charge in [0.1, 0.15) is 5.82 Å². The average molecular weight is 511 g/mol. The van der Waals surface area contributed by atoms with Gasteiger partial charge in [-0.1, -0.05) is 30.3 Å². The van der Waals surface area contributed by atoms with Gasteiger partial charge < -0.3 is 14.8 Å². The topological polar surface area (TPSA) is 33.1 Å². The number of alkyl halides is 3. The number of hydrogen-bond acceptors (Lipinski definition) is 2. The number of nitrogens with one attached hydrogen (secondary N) is 1. The van der Waals surface area contributed by atoms with Gasteiger partial charge in [0.15, 0.2) is 5.11 Å². The van der Waals surface area contributed by atoms with E-state index in [2.05, 4.69) is 10.3 Å². The molecule has 1 aliphatic rings. The van der Waals surface area contributed by atoms with Gasteiger partial charge in [0.25, 0.3) is 0 Å². The van der Waals surface area contributed by atoms with Gasteiger partial charge in [-0.2, -0.15) is 13.2 Å². The van der Waals surface area contributed by atoms with Gasteiger partial charge in [-0.05, 0) is 74.1 Å². The van der Waals surface area contributed by atoms with Gasteiger partial charge in [0.05, 0.1) is 34.7 Å². The minimum atomic E-state index is -4.52. The lowest BCUT2D eigenvalue weighted by Gasteiger charge is -2.28. The van der Waals surface area contributed by atoms with Crippen LogP contribution in [0.5, 0.6) is 0 Å². The molecule has 0 bridgehead atoms. The summed E-state index contributed by atoms with van der Waals surface area (Å²) in [6, 6.07) is 18.1. The van der Waals surface area contributed by atoms with Gasteiger partial charge in [-0.25, -0.2) is 4.39 Å². The SMILES string of the molecule is Cc1cc([C@H]2[C@H](c3ccccn3)NC(=S)N2c2ccccc2F)c(C)n1-c1ccccc1C(F)(F)F. The predicted molar refractivity (Wildman–Crippen MR) is 135 cm³/mol. The van der Waals surface area contributed by atoms with Crippen molar-refractivity contribution in [3.05, 3.63) is 113 Å². The lowest BCUT2D eigenvalue weighted by Crippen LogP contribution is -2.30. The Labute approximate surface area is 211 Å². The number of benzene rings is 2. The molecule has 1 N–H and O–H groups in total. The minimum absolute atomic E-state index is 0.0339. The molecule has 1 saturated heterocycles. The number of pyridine rings is 1. The van der Waals surface area contributed by atoms with Crippen LogP contribution >= 0.6 is 12.2 Å². The quantitative estimate of drug-likeness (QED) is 0.241. The first-order valence-corrected chi connectivity index (χ1v) is 11.7. The lowest BCUT2D eigenvalue weighted by atomic mass is 9.96. The zero-order valence-electron chi connectivity index (χ0n) is 19.4. The molecule has 0 aliphatic carbocycles. The van der Waals surface area contributed by atoms with E-state index in [9.17, 15) is 17.6 Å². The van der Waals surface area contributed by atoms with Crippen LogP contribution in [0.3, 0.4) is 0 Å². The first kappa shape index (κ1) is 24.0. The fraction of sp³-hybridized carbons (Fsp3) is 0.185. The Morgan fingerprint density at radius 1 is 0.917 bits per heavy atom. The van der Waals surface area contributed by atoms with Gasteiger partial charge >= 0.3 is 6.18 Å². The molecule has 9 heteroatoms. The molecule has 184 valence electrons. The fourth-order valence-corrected chi connectivity index (χ4v) is 5.28. The van der Waals surface area contributed by atoms with Gasteiger partial charge in [-0.15, -0.1) is 0 Å². The largest absolute Gasteiger partial charge is 0.418 e. The number of aryl methyl sites for hydroxylation is 1. The second kappa shape index (κ2) is 9.05. The van der Waals surface area contributed by atoms with E-state index in [0.29, 0.717) is 22.2 Å². The van der Waals surface area contributed by atoms with E-state index in [1.54, 1.807) is 59.8 Å². The van der Waals surface area contributed by atoms with Crippen molar-refractivity contribution in [2.24, 2.45) is 0 Å². The number of anilines is 1. The van der Waals surface area contributed by atoms with Crippen molar-refractivity contribution in [3.8, 4) is 5.69 Å². The molecule has 5 rings (SSSR count). The number of thiocarbonyl (C=S) groups is 1. The number of hydrogen-bond donors (Lipinski definition) is 1. The number of nitrogens with zero attached hydrogens (tertiary/aromatic N) is 3. The highest BCUT2D eigenvalue weighted by Gasteiger charge is 2.43. The minimum Gasteiger partial charge on any atom is -0.351 e. The smallest absolute Gasteiger partial charge is 0.351 e. The Morgan fingerprint density at radius 2 is 1.58 bits per heavy atom. The van der Waals surface area contributed by atoms with Gasteiger partial charge in [0, 0.05) is 17.6 Å². The molecule has 2 aromatic heterocycles. The first-order chi connectivity index (χ1) is 17.2. The maximum Gasteiger partial charge on any atom is 0.418 e. The summed E-state index contributed by atoms with van der Waals surface area (Å²) in [5, 5.41) is 3.57. The zero-order valence-corrected chi connectivity index (χ0v) is 20.2. The predicted octanol–water partition coefficient (Wildman–Crippen LogP) is 6.82. The Balaban J connectivity index is 1.72. The van der Waals surface area contributed by atoms with Crippen molar-refractivity contribution in [1.82, 2.24) is 14.9 Å². The molecule has 36 heavy (non-hydrogen) atoms. The standard InChI is InChI=1S/C27H22F4N4S/c1-16-15-18(17(2)34(16)22-12-5-3-9-19(22)27(29,30)31)25-24(21-11-7-8-14-32-21)33-26(36)35(25)23-13-6-4-10-20(23)28/h3-15,24-25H,1-2H3,(H,33,36)/t24-,25-/m0/s1. The van der Waals surface area contributed by atoms with E-state index in [0.717, 1.165) is 11.6 Å². The van der Waals surface area contributed by atoms with Crippen LogP contribution in [0.4, 0.5) is 23.2 Å². The number of aromatic nitrogens is 2. The highest BCUT2D eigenvalue weighted by molar-refractivity contribution is 7.80. The van der Waals surface area contributed by atoms with E-state index in [1.807, 2.05) is 18.2 Å². The molecule has 1 aliphatic heterocycles. The van der Waals surface area contributed by atoms with Crippen LogP contribution in [0.15, 0.2) is 79.0 Å². The van der Waals surface area contributed by atoms with Crippen LogP contribution in [0.1, 0.15) is 40.3 Å². The van der Waals surface area contributed by atoms with Crippen molar-refractivity contribution in [3.63, 3.8) is 0 Å². The monoisotopic (exact) mass is 510 g/mol. The second-order valence-electron chi connectivity index (χ2n) is 8.62. The van der Waals surface area contributed by atoms with Crippen LogP contribution < -0.4 is 10.2 Å². The van der Waals surface area contributed by atoms with E-state index in [4.69, 9.17) is 12.2 Å². The number of para-hydroxylation sites is 2. The Kier molecular flexibility index (Phi) is 6.04. The summed E-state index contributed by atoms with van der Waals surface area (Å²) in [6.07, 6.45) is -2.86. The molecule has 4 aromatic rings. The molecule has 0 amide bonds. The van der Waals surface area contributed by atoms with Crippen LogP contribution in [0.25, 0.3) is 5.69 Å². The van der Waals surface area contributed by atoms with Crippen molar-refractivity contribution in [1.29, 1.82) is 0 Å². The molecule has 1 fully saturated rings. The first-order valence-electron chi connectivity index (χ1n) is 11.3. The summed E-state index contributed by atoms with van der Waals surface area (Å²) < 4.78 is 58.2. The zero-order chi connectivity index (χ0) is 25.6. The van der Waals surface area contributed by atoms with E-state index in [-0.39, 0.29) is 11.4 Å². The summed E-state index contributed by atoms with van der Waals surface area (Å²) >= 11 is 5.65. The van der Waals surface area contributed by atoms with E-state index in [1.165, 1.54) is 18.2 Å². The highest BCUT2D eigenvalue weighted by atomic mass is 32.1. The maximum atomic E-state index is 15.0. The molecule has 0 unspecified atom stereocenters. The van der Waals surface area contributed by atoms with Gasteiger partial charge in [0.2, 0.25) is 0 Å². The second-order valence-corrected chi connectivity index (χ2v) is 9.01. The lowest BCUT2D eigenvalue weighted by molar-refractivity contribution is -0.137. The number of rotatable bonds is 4. The van der Waals surface area contributed by atoms with Crippen molar-refractivity contribution < 1.29 is 17.6 Å². The molecule has 0 radical (unpaired) electrons. The highest BCUT2D eigenvalue weighted by Crippen LogP contribution is 2.45. The molecule has 3 heterocycles. The summed E-state index contributed by atoms with van der Waals surface area (Å²) in [6.45, 7) is 3.53. The molecular weight excluding hydrogens is 488 g/mol. The Morgan fingerprint density at radius 3 is 2.25 bits per heavy atom. The molecular formula is C27H22F4N4S. The summed E-state index contributed by atoms with van der Waals surface area (Å²) in [4.78, 5) is 6.17. The van der Waals surface area contributed by atoms with Crippen LogP contribution in [-0.2, 0) is 6.18 Å². The van der Waals surface area contributed by atoms with E-state index < -0.39 is 29.6 Å². The average Bonchev–Trinajstić information content (AvgIpc) is 3.34. The third kappa shape index (κ3) is 4.03. The molecule has 0 saturated carbocycles. The molecule has 2 aromatic carbocycles. The van der Waals surface area contributed by atoms with Crippen LogP contribution in [0, 0.1) is 19.7 Å². The summed E-state index contributed by atoms with van der Waals surface area (Å²) in [7, 11) is 0. The van der Waals surface area contributed by atoms with Crippen LogP contribution in [-0.4, -0.2) is 14.7 Å². The van der Waals surface area contributed by atoms with Crippen molar-refractivity contribution in [2.75, 3.05) is 4.90 Å². The molecule has 4 nitrogen and oxygen atoms in total.